The number of carbonyl (C=O) groups is 1. The van der Waals surface area contributed by atoms with Crippen molar-refractivity contribution in [1.82, 2.24) is 4.98 Å². The zero-order valence-corrected chi connectivity index (χ0v) is 15.7. The standard InChI is InChI=1S/C24H20FN3O/c25-18-9-7-15(8-10-18)17-12-21-23(22(29)13-17)24(16-4-3-11-26-14-16)28-20-6-2-1-5-19(20)27-21/h1-11,14,17,24,27-28H,12-13H2/t17-,24+/m0/s1. The molecule has 2 aromatic carbocycles. The summed E-state index contributed by atoms with van der Waals surface area (Å²) in [6, 6.07) is 18.0. The summed E-state index contributed by atoms with van der Waals surface area (Å²) in [6.45, 7) is 0. The van der Waals surface area contributed by atoms with Gasteiger partial charge < -0.3 is 10.6 Å². The lowest BCUT2D eigenvalue weighted by atomic mass is 9.79. The van der Waals surface area contributed by atoms with Crippen LogP contribution in [0.4, 0.5) is 15.8 Å². The third kappa shape index (κ3) is 3.29. The Morgan fingerprint density at radius 1 is 0.897 bits per heavy atom. The number of hydrogen-bond acceptors (Lipinski definition) is 4. The van der Waals surface area contributed by atoms with Gasteiger partial charge in [-0.2, -0.15) is 0 Å². The summed E-state index contributed by atoms with van der Waals surface area (Å²) in [4.78, 5) is 17.6. The largest absolute Gasteiger partial charge is 0.372 e. The first-order valence-corrected chi connectivity index (χ1v) is 9.73. The van der Waals surface area contributed by atoms with E-state index in [1.54, 1.807) is 24.5 Å². The first kappa shape index (κ1) is 17.6. The minimum Gasteiger partial charge on any atom is -0.372 e. The molecule has 2 N–H and O–H groups in total. The number of nitrogens with zero attached hydrogens (tertiary/aromatic N) is 1. The van der Waals surface area contributed by atoms with Crippen LogP contribution in [0.5, 0.6) is 0 Å². The second kappa shape index (κ2) is 7.17. The molecule has 2 aliphatic rings. The number of para-hydroxylation sites is 2. The van der Waals surface area contributed by atoms with E-state index < -0.39 is 0 Å². The fraction of sp³-hybridized carbons (Fsp3) is 0.167. The van der Waals surface area contributed by atoms with Crippen LogP contribution >= 0.6 is 0 Å². The number of anilines is 2. The van der Waals surface area contributed by atoms with Crippen LogP contribution in [0.1, 0.15) is 35.9 Å². The Morgan fingerprint density at radius 2 is 1.69 bits per heavy atom. The van der Waals surface area contributed by atoms with Gasteiger partial charge in [0.25, 0.3) is 0 Å². The summed E-state index contributed by atoms with van der Waals surface area (Å²) in [5, 5.41) is 7.04. The van der Waals surface area contributed by atoms with Crippen LogP contribution in [0.3, 0.4) is 0 Å². The minimum atomic E-state index is -0.267. The summed E-state index contributed by atoms with van der Waals surface area (Å²) in [7, 11) is 0. The normalized spacial score (nSPS) is 20.8. The molecule has 1 aromatic heterocycles. The van der Waals surface area contributed by atoms with E-state index in [-0.39, 0.29) is 23.6 Å². The molecule has 0 saturated carbocycles. The highest BCUT2D eigenvalue weighted by atomic mass is 19.1. The van der Waals surface area contributed by atoms with E-state index in [4.69, 9.17) is 0 Å². The number of halogens is 1. The number of ketones is 1. The van der Waals surface area contributed by atoms with E-state index in [0.29, 0.717) is 12.8 Å². The van der Waals surface area contributed by atoms with Crippen molar-refractivity contribution in [2.24, 2.45) is 0 Å². The maximum Gasteiger partial charge on any atom is 0.163 e. The summed E-state index contributed by atoms with van der Waals surface area (Å²) < 4.78 is 13.4. The molecule has 0 spiro atoms. The van der Waals surface area contributed by atoms with Gasteiger partial charge in [0, 0.05) is 30.1 Å². The molecule has 144 valence electrons. The van der Waals surface area contributed by atoms with Gasteiger partial charge in [-0.25, -0.2) is 4.39 Å². The van der Waals surface area contributed by atoms with E-state index in [2.05, 4.69) is 15.6 Å². The second-order valence-electron chi connectivity index (χ2n) is 7.51. The number of benzene rings is 2. The fourth-order valence-corrected chi connectivity index (χ4v) is 4.26. The molecule has 0 unspecified atom stereocenters. The smallest absolute Gasteiger partial charge is 0.163 e. The van der Waals surface area contributed by atoms with Crippen LogP contribution in [0, 0.1) is 5.82 Å². The molecule has 3 aromatic rings. The Bertz CT molecular complexity index is 1090. The molecule has 0 amide bonds. The van der Waals surface area contributed by atoms with Gasteiger partial charge >= 0.3 is 0 Å². The molecular weight excluding hydrogens is 365 g/mol. The van der Waals surface area contributed by atoms with Crippen LogP contribution in [0.25, 0.3) is 0 Å². The zero-order valence-electron chi connectivity index (χ0n) is 15.7. The van der Waals surface area contributed by atoms with E-state index in [0.717, 1.165) is 33.8 Å². The monoisotopic (exact) mass is 385 g/mol. The van der Waals surface area contributed by atoms with Crippen molar-refractivity contribution < 1.29 is 9.18 Å². The Morgan fingerprint density at radius 3 is 2.45 bits per heavy atom. The number of carbonyl (C=O) groups excluding carboxylic acids is 1. The Labute approximate surface area is 168 Å². The lowest BCUT2D eigenvalue weighted by Crippen LogP contribution is -2.26. The van der Waals surface area contributed by atoms with E-state index >= 15 is 0 Å². The first-order chi connectivity index (χ1) is 14.2. The van der Waals surface area contributed by atoms with Crippen molar-refractivity contribution in [1.29, 1.82) is 0 Å². The van der Waals surface area contributed by atoms with E-state index in [1.807, 2.05) is 36.4 Å². The molecule has 0 saturated heterocycles. The van der Waals surface area contributed by atoms with Gasteiger partial charge in [0.2, 0.25) is 0 Å². The van der Waals surface area contributed by atoms with Gasteiger partial charge in [0.05, 0.1) is 17.4 Å². The molecule has 4 nitrogen and oxygen atoms in total. The lowest BCUT2D eigenvalue weighted by molar-refractivity contribution is -0.116. The maximum atomic E-state index is 13.4. The van der Waals surface area contributed by atoms with Gasteiger partial charge in [0.15, 0.2) is 5.78 Å². The number of nitrogens with one attached hydrogen (secondary N) is 2. The van der Waals surface area contributed by atoms with E-state index in [1.165, 1.54) is 12.1 Å². The minimum absolute atomic E-state index is 0.0224. The number of Topliss-reactive ketones (excluding diaryl/α,β-unsaturated/α-hetero) is 1. The van der Waals surface area contributed by atoms with Crippen LogP contribution in [-0.2, 0) is 4.79 Å². The molecule has 1 aliphatic heterocycles. The highest BCUT2D eigenvalue weighted by molar-refractivity contribution is 6.01. The topological polar surface area (TPSA) is 54.0 Å². The van der Waals surface area contributed by atoms with Gasteiger partial charge in [-0.3, -0.25) is 9.78 Å². The Kier molecular flexibility index (Phi) is 4.35. The summed E-state index contributed by atoms with van der Waals surface area (Å²) in [5.74, 6) is -0.144. The average Bonchev–Trinajstić information content (AvgIpc) is 2.92. The number of hydrogen-bond donors (Lipinski definition) is 2. The Hall–Kier alpha value is -3.47. The lowest BCUT2D eigenvalue weighted by Gasteiger charge is -2.29. The van der Waals surface area contributed by atoms with E-state index in [9.17, 15) is 9.18 Å². The van der Waals surface area contributed by atoms with Gasteiger partial charge in [-0.05, 0) is 53.8 Å². The number of aromatic nitrogens is 1. The van der Waals surface area contributed by atoms with Crippen molar-refractivity contribution >= 4 is 17.2 Å². The highest BCUT2D eigenvalue weighted by Gasteiger charge is 2.36. The number of fused-ring (bicyclic) bond motifs is 1. The third-order valence-electron chi connectivity index (χ3n) is 5.67. The zero-order chi connectivity index (χ0) is 19.8. The second-order valence-corrected chi connectivity index (χ2v) is 7.51. The molecule has 5 rings (SSSR count). The highest BCUT2D eigenvalue weighted by Crippen LogP contribution is 2.43. The average molecular weight is 385 g/mol. The predicted octanol–water partition coefficient (Wildman–Crippen LogP) is 5.20. The molecule has 0 radical (unpaired) electrons. The molecule has 2 heterocycles. The van der Waals surface area contributed by atoms with Gasteiger partial charge in [0.1, 0.15) is 5.82 Å². The number of pyridine rings is 1. The molecular formula is C24H20FN3O. The van der Waals surface area contributed by atoms with Crippen molar-refractivity contribution in [2.75, 3.05) is 10.6 Å². The fourth-order valence-electron chi connectivity index (χ4n) is 4.26. The SMILES string of the molecule is O=C1C[C@@H](c2ccc(F)cc2)CC2=C1[C@@H](c1cccnc1)Nc1ccccc1N2. The molecule has 0 fully saturated rings. The molecule has 1 aliphatic carbocycles. The van der Waals surface area contributed by atoms with Crippen LogP contribution < -0.4 is 10.6 Å². The van der Waals surface area contributed by atoms with Crippen LogP contribution in [0.2, 0.25) is 0 Å². The van der Waals surface area contributed by atoms with Crippen molar-refractivity contribution in [2.45, 2.75) is 24.8 Å². The summed E-state index contributed by atoms with van der Waals surface area (Å²) in [6.07, 6.45) is 4.63. The number of rotatable bonds is 2. The Balaban J connectivity index is 1.60. The maximum absolute atomic E-state index is 13.4. The molecule has 5 heteroatoms. The molecule has 2 atom stereocenters. The predicted molar refractivity (Wildman–Crippen MR) is 111 cm³/mol. The van der Waals surface area contributed by atoms with Crippen LogP contribution in [-0.4, -0.2) is 10.8 Å². The first-order valence-electron chi connectivity index (χ1n) is 9.73. The quantitative estimate of drug-likeness (QED) is 0.637. The number of allylic oxidation sites excluding steroid dienone is 1. The van der Waals surface area contributed by atoms with Crippen molar-refractivity contribution in [3.8, 4) is 0 Å². The molecule has 29 heavy (non-hydrogen) atoms. The summed E-state index contributed by atoms with van der Waals surface area (Å²) in [5.41, 5.74) is 5.50. The third-order valence-corrected chi connectivity index (χ3v) is 5.67. The van der Waals surface area contributed by atoms with Gasteiger partial charge in [-0.1, -0.05) is 30.3 Å². The van der Waals surface area contributed by atoms with Crippen LogP contribution in [0.15, 0.2) is 84.3 Å². The summed E-state index contributed by atoms with van der Waals surface area (Å²) >= 11 is 0. The molecule has 0 bridgehead atoms. The van der Waals surface area contributed by atoms with Crippen molar-refractivity contribution in [3.05, 3.63) is 101 Å². The van der Waals surface area contributed by atoms with Gasteiger partial charge in [-0.15, -0.1) is 0 Å². The van der Waals surface area contributed by atoms with Crippen molar-refractivity contribution in [3.63, 3.8) is 0 Å².